The van der Waals surface area contributed by atoms with Gasteiger partial charge in [-0.2, -0.15) is 4.98 Å². The molecule has 20 heavy (non-hydrogen) atoms. The van der Waals surface area contributed by atoms with Crippen LogP contribution in [0.25, 0.3) is 0 Å². The first kappa shape index (κ1) is 12.9. The van der Waals surface area contributed by atoms with E-state index in [-0.39, 0.29) is 0 Å². The maximum atomic E-state index is 4.65. The molecule has 1 aromatic carbocycles. The Hall–Kier alpha value is -2.10. The van der Waals surface area contributed by atoms with Gasteiger partial charge in [0.25, 0.3) is 0 Å². The van der Waals surface area contributed by atoms with Crippen LogP contribution in [-0.2, 0) is 6.42 Å². The van der Waals surface area contributed by atoms with E-state index in [0.717, 1.165) is 25.2 Å². The number of anilines is 3. The van der Waals surface area contributed by atoms with Crippen LogP contribution in [0.1, 0.15) is 25.8 Å². The average Bonchev–Trinajstić information content (AvgIpc) is 2.91. The molecule has 104 valence electrons. The smallest absolute Gasteiger partial charge is 0.224 e. The van der Waals surface area contributed by atoms with Crippen LogP contribution in [0.15, 0.2) is 36.5 Å². The van der Waals surface area contributed by atoms with Gasteiger partial charge in [0.1, 0.15) is 5.82 Å². The first-order valence-electron chi connectivity index (χ1n) is 7.23. The average molecular weight is 268 g/mol. The zero-order valence-electron chi connectivity index (χ0n) is 12.0. The zero-order valence-corrected chi connectivity index (χ0v) is 12.0. The lowest BCUT2D eigenvalue weighted by Crippen LogP contribution is -2.19. The van der Waals surface area contributed by atoms with Crippen LogP contribution in [-0.4, -0.2) is 22.6 Å². The number of hydrogen-bond acceptors (Lipinski definition) is 4. The predicted molar refractivity (Wildman–Crippen MR) is 82.6 cm³/mol. The molecule has 0 saturated carbocycles. The molecule has 1 unspecified atom stereocenters. The summed E-state index contributed by atoms with van der Waals surface area (Å²) in [5.74, 6) is 1.68. The van der Waals surface area contributed by atoms with Gasteiger partial charge in [0.2, 0.25) is 5.95 Å². The fraction of sp³-hybridized carbons (Fsp3) is 0.375. The number of rotatable bonds is 4. The topological polar surface area (TPSA) is 41.1 Å². The number of hydrogen-bond donors (Lipinski definition) is 1. The fourth-order valence-corrected chi connectivity index (χ4v) is 2.47. The SMILES string of the molecule is CCC(C)Nc1nccc(N2CCc3ccccc32)n1. The summed E-state index contributed by atoms with van der Waals surface area (Å²) in [7, 11) is 0. The van der Waals surface area contributed by atoms with E-state index in [1.165, 1.54) is 11.3 Å². The lowest BCUT2D eigenvalue weighted by Gasteiger charge is -2.19. The molecular formula is C16H20N4. The molecule has 0 amide bonds. The number of para-hydroxylation sites is 1. The Labute approximate surface area is 119 Å². The minimum atomic E-state index is 0.385. The van der Waals surface area contributed by atoms with E-state index in [4.69, 9.17) is 0 Å². The highest BCUT2D eigenvalue weighted by atomic mass is 15.2. The third kappa shape index (κ3) is 2.46. The van der Waals surface area contributed by atoms with Crippen LogP contribution in [0.3, 0.4) is 0 Å². The lowest BCUT2D eigenvalue weighted by molar-refractivity contribution is 0.752. The van der Waals surface area contributed by atoms with Crippen molar-refractivity contribution in [2.75, 3.05) is 16.8 Å². The molecule has 4 nitrogen and oxygen atoms in total. The molecule has 0 spiro atoms. The Kier molecular flexibility index (Phi) is 3.54. The molecule has 0 radical (unpaired) electrons. The van der Waals surface area contributed by atoms with Gasteiger partial charge in [-0.1, -0.05) is 25.1 Å². The van der Waals surface area contributed by atoms with Crippen molar-refractivity contribution in [2.45, 2.75) is 32.7 Å². The molecule has 1 atom stereocenters. The number of nitrogens with one attached hydrogen (secondary N) is 1. The summed E-state index contributed by atoms with van der Waals surface area (Å²) in [6.07, 6.45) is 3.96. The Morgan fingerprint density at radius 1 is 1.30 bits per heavy atom. The predicted octanol–water partition coefficient (Wildman–Crippen LogP) is 3.38. The van der Waals surface area contributed by atoms with Crippen molar-refractivity contribution in [2.24, 2.45) is 0 Å². The van der Waals surface area contributed by atoms with E-state index in [2.05, 4.69) is 58.3 Å². The summed E-state index contributed by atoms with van der Waals surface area (Å²) in [4.78, 5) is 11.2. The second-order valence-corrected chi connectivity index (χ2v) is 5.22. The van der Waals surface area contributed by atoms with E-state index >= 15 is 0 Å². The summed E-state index contributed by atoms with van der Waals surface area (Å²) < 4.78 is 0. The highest BCUT2D eigenvalue weighted by Gasteiger charge is 2.21. The van der Waals surface area contributed by atoms with E-state index < -0.39 is 0 Å². The van der Waals surface area contributed by atoms with E-state index in [1.807, 2.05) is 12.3 Å². The molecule has 1 aliphatic rings. The van der Waals surface area contributed by atoms with Gasteiger partial charge < -0.3 is 10.2 Å². The Morgan fingerprint density at radius 2 is 2.15 bits per heavy atom. The molecule has 1 N–H and O–H groups in total. The molecule has 3 rings (SSSR count). The third-order valence-electron chi connectivity index (χ3n) is 3.79. The number of aromatic nitrogens is 2. The number of benzene rings is 1. The van der Waals surface area contributed by atoms with Crippen molar-refractivity contribution in [3.05, 3.63) is 42.1 Å². The van der Waals surface area contributed by atoms with Gasteiger partial charge in [0.15, 0.2) is 0 Å². The Bertz CT molecular complexity index is 597. The second-order valence-electron chi connectivity index (χ2n) is 5.22. The molecular weight excluding hydrogens is 248 g/mol. The van der Waals surface area contributed by atoms with Crippen LogP contribution < -0.4 is 10.2 Å². The maximum absolute atomic E-state index is 4.65. The molecule has 0 bridgehead atoms. The quantitative estimate of drug-likeness (QED) is 0.923. The Balaban J connectivity index is 1.87. The molecule has 0 aliphatic carbocycles. The van der Waals surface area contributed by atoms with Gasteiger partial charge >= 0.3 is 0 Å². The lowest BCUT2D eigenvalue weighted by atomic mass is 10.2. The summed E-state index contributed by atoms with van der Waals surface area (Å²) in [5, 5.41) is 3.33. The van der Waals surface area contributed by atoms with E-state index in [0.29, 0.717) is 12.0 Å². The normalized spacial score (nSPS) is 15.0. The maximum Gasteiger partial charge on any atom is 0.224 e. The number of fused-ring (bicyclic) bond motifs is 1. The minimum Gasteiger partial charge on any atom is -0.352 e. The van der Waals surface area contributed by atoms with Gasteiger partial charge in [-0.05, 0) is 37.5 Å². The van der Waals surface area contributed by atoms with Gasteiger partial charge in [0, 0.05) is 24.5 Å². The van der Waals surface area contributed by atoms with Crippen molar-refractivity contribution in [1.29, 1.82) is 0 Å². The monoisotopic (exact) mass is 268 g/mol. The largest absolute Gasteiger partial charge is 0.352 e. The molecule has 0 fully saturated rings. The van der Waals surface area contributed by atoms with Crippen molar-refractivity contribution >= 4 is 17.5 Å². The fourth-order valence-electron chi connectivity index (χ4n) is 2.47. The van der Waals surface area contributed by atoms with E-state index in [1.54, 1.807) is 0 Å². The van der Waals surface area contributed by atoms with Crippen LogP contribution in [0.5, 0.6) is 0 Å². The van der Waals surface area contributed by atoms with Crippen LogP contribution in [0, 0.1) is 0 Å². The van der Waals surface area contributed by atoms with Gasteiger partial charge in [-0.15, -0.1) is 0 Å². The molecule has 2 heterocycles. The summed E-state index contributed by atoms with van der Waals surface area (Å²) >= 11 is 0. The van der Waals surface area contributed by atoms with Crippen LogP contribution in [0.2, 0.25) is 0 Å². The van der Waals surface area contributed by atoms with Gasteiger partial charge in [-0.25, -0.2) is 4.98 Å². The highest BCUT2D eigenvalue weighted by molar-refractivity contribution is 5.67. The molecule has 1 aliphatic heterocycles. The first-order valence-corrected chi connectivity index (χ1v) is 7.23. The summed E-state index contributed by atoms with van der Waals surface area (Å²) in [6, 6.07) is 10.9. The van der Waals surface area contributed by atoms with Crippen molar-refractivity contribution in [3.8, 4) is 0 Å². The van der Waals surface area contributed by atoms with E-state index in [9.17, 15) is 0 Å². The second kappa shape index (κ2) is 5.49. The summed E-state index contributed by atoms with van der Waals surface area (Å²) in [6.45, 7) is 5.28. The van der Waals surface area contributed by atoms with Crippen LogP contribution in [0.4, 0.5) is 17.5 Å². The zero-order chi connectivity index (χ0) is 13.9. The molecule has 2 aromatic rings. The number of nitrogens with zero attached hydrogens (tertiary/aromatic N) is 3. The van der Waals surface area contributed by atoms with Crippen molar-refractivity contribution < 1.29 is 0 Å². The molecule has 0 saturated heterocycles. The highest BCUT2D eigenvalue weighted by Crippen LogP contribution is 2.33. The standard InChI is InChI=1S/C16H20N4/c1-3-12(2)18-16-17-10-8-15(19-16)20-11-9-13-6-4-5-7-14(13)20/h4-8,10,12H,3,9,11H2,1-2H3,(H,17,18,19). The van der Waals surface area contributed by atoms with Crippen LogP contribution >= 0.6 is 0 Å². The molecule has 1 aromatic heterocycles. The minimum absolute atomic E-state index is 0.385. The first-order chi connectivity index (χ1) is 9.78. The third-order valence-corrected chi connectivity index (χ3v) is 3.79. The van der Waals surface area contributed by atoms with Gasteiger partial charge in [0.05, 0.1) is 0 Å². The Morgan fingerprint density at radius 3 is 3.00 bits per heavy atom. The molecule has 4 heteroatoms. The van der Waals surface area contributed by atoms with Gasteiger partial charge in [-0.3, -0.25) is 0 Å². The van der Waals surface area contributed by atoms with Crippen molar-refractivity contribution in [3.63, 3.8) is 0 Å². The summed E-state index contributed by atoms with van der Waals surface area (Å²) in [5.41, 5.74) is 2.66. The van der Waals surface area contributed by atoms with Crippen molar-refractivity contribution in [1.82, 2.24) is 9.97 Å².